The third kappa shape index (κ3) is 6.23. The van der Waals surface area contributed by atoms with Gasteiger partial charge in [0, 0.05) is 26.1 Å². The fourth-order valence-corrected chi connectivity index (χ4v) is 3.64. The predicted molar refractivity (Wildman–Crippen MR) is 77.4 cm³/mol. The zero-order chi connectivity index (χ0) is 15.0. The Bertz CT molecular complexity index is 448. The van der Waals surface area contributed by atoms with Gasteiger partial charge in [-0.25, -0.2) is 8.42 Å². The molecule has 1 unspecified atom stereocenters. The van der Waals surface area contributed by atoms with E-state index in [2.05, 4.69) is 15.6 Å². The average Bonchev–Trinajstić information content (AvgIpc) is 2.72. The van der Waals surface area contributed by atoms with Crippen molar-refractivity contribution in [1.82, 2.24) is 10.6 Å². The van der Waals surface area contributed by atoms with Gasteiger partial charge in [-0.2, -0.15) is 0 Å². The molecule has 0 amide bonds. The maximum Gasteiger partial charge on any atom is 0.305 e. The number of aliphatic imine (C=N–C) groups is 1. The molecule has 0 radical (unpaired) electrons. The quantitative estimate of drug-likeness (QED) is 0.302. The van der Waals surface area contributed by atoms with E-state index in [0.29, 0.717) is 38.4 Å². The fourth-order valence-electron chi connectivity index (χ4n) is 1.97. The molecule has 0 aromatic carbocycles. The van der Waals surface area contributed by atoms with Crippen LogP contribution in [0.15, 0.2) is 4.99 Å². The molecule has 1 fully saturated rings. The minimum absolute atomic E-state index is 0.0868. The molecule has 20 heavy (non-hydrogen) atoms. The molecule has 1 aliphatic rings. The van der Waals surface area contributed by atoms with Crippen LogP contribution >= 0.6 is 0 Å². The molecule has 0 aromatic rings. The highest BCUT2D eigenvalue weighted by Crippen LogP contribution is 2.10. The number of carbonyl (C=O) groups excluding carboxylic acids is 1. The minimum Gasteiger partial charge on any atom is -0.466 e. The summed E-state index contributed by atoms with van der Waals surface area (Å²) >= 11 is 0. The van der Waals surface area contributed by atoms with Gasteiger partial charge in [-0.3, -0.25) is 9.79 Å². The summed E-state index contributed by atoms with van der Waals surface area (Å²) in [6.07, 6.45) is 1.60. The van der Waals surface area contributed by atoms with Crippen LogP contribution in [0.5, 0.6) is 0 Å². The van der Waals surface area contributed by atoms with Crippen molar-refractivity contribution in [2.45, 2.75) is 32.2 Å². The van der Waals surface area contributed by atoms with Gasteiger partial charge in [-0.05, 0) is 19.8 Å². The first-order valence-corrected chi connectivity index (χ1v) is 8.62. The van der Waals surface area contributed by atoms with Gasteiger partial charge in [-0.1, -0.05) is 0 Å². The number of nitrogens with one attached hydrogen (secondary N) is 2. The predicted octanol–water partition coefficient (Wildman–Crippen LogP) is -0.318. The average molecular weight is 305 g/mol. The zero-order valence-electron chi connectivity index (χ0n) is 12.0. The lowest BCUT2D eigenvalue weighted by atomic mass is 10.3. The van der Waals surface area contributed by atoms with Crippen LogP contribution < -0.4 is 10.6 Å². The molecule has 0 spiro atoms. The monoisotopic (exact) mass is 305 g/mol. The summed E-state index contributed by atoms with van der Waals surface area (Å²) in [5, 5.41) is 6.14. The standard InChI is InChI=1S/C12H23N3O4S/c1-3-19-11(16)5-4-7-14-12(13-2)15-10-6-8-20(17,18)9-10/h10H,3-9H2,1-2H3,(H2,13,14,15). The van der Waals surface area contributed by atoms with Gasteiger partial charge < -0.3 is 15.4 Å². The van der Waals surface area contributed by atoms with Crippen molar-refractivity contribution < 1.29 is 17.9 Å². The van der Waals surface area contributed by atoms with Crippen molar-refractivity contribution in [3.8, 4) is 0 Å². The first kappa shape index (κ1) is 16.7. The van der Waals surface area contributed by atoms with Crippen molar-refractivity contribution in [3.63, 3.8) is 0 Å². The highest BCUT2D eigenvalue weighted by molar-refractivity contribution is 7.91. The molecule has 0 saturated carbocycles. The van der Waals surface area contributed by atoms with E-state index < -0.39 is 9.84 Å². The lowest BCUT2D eigenvalue weighted by molar-refractivity contribution is -0.143. The van der Waals surface area contributed by atoms with Crippen LogP contribution in [-0.4, -0.2) is 58.1 Å². The molecule has 116 valence electrons. The maximum atomic E-state index is 11.4. The van der Waals surface area contributed by atoms with Crippen LogP contribution in [0.4, 0.5) is 0 Å². The van der Waals surface area contributed by atoms with E-state index >= 15 is 0 Å². The van der Waals surface area contributed by atoms with E-state index in [1.165, 1.54) is 0 Å². The van der Waals surface area contributed by atoms with Crippen molar-refractivity contribution in [2.24, 2.45) is 4.99 Å². The Morgan fingerprint density at radius 2 is 2.20 bits per heavy atom. The van der Waals surface area contributed by atoms with Crippen molar-refractivity contribution >= 4 is 21.8 Å². The van der Waals surface area contributed by atoms with Crippen molar-refractivity contribution in [3.05, 3.63) is 0 Å². The lowest BCUT2D eigenvalue weighted by Crippen LogP contribution is -2.44. The molecule has 1 atom stereocenters. The summed E-state index contributed by atoms with van der Waals surface area (Å²) in [6.45, 7) is 2.75. The van der Waals surface area contributed by atoms with E-state index in [0.717, 1.165) is 0 Å². The molecule has 0 bridgehead atoms. The number of hydrogen-bond acceptors (Lipinski definition) is 5. The van der Waals surface area contributed by atoms with Crippen LogP contribution in [0.25, 0.3) is 0 Å². The van der Waals surface area contributed by atoms with Crippen LogP contribution in [0, 0.1) is 0 Å². The minimum atomic E-state index is -2.90. The van der Waals surface area contributed by atoms with Gasteiger partial charge in [-0.15, -0.1) is 0 Å². The van der Waals surface area contributed by atoms with Gasteiger partial charge in [0.25, 0.3) is 0 Å². The zero-order valence-corrected chi connectivity index (χ0v) is 12.8. The number of nitrogens with zero attached hydrogens (tertiary/aromatic N) is 1. The Hall–Kier alpha value is -1.31. The van der Waals surface area contributed by atoms with Gasteiger partial charge in [0.2, 0.25) is 0 Å². The summed E-state index contributed by atoms with van der Waals surface area (Å²) in [6, 6.07) is -0.0868. The molecule has 2 N–H and O–H groups in total. The molecule has 8 heteroatoms. The number of ether oxygens (including phenoxy) is 1. The molecule has 1 saturated heterocycles. The number of esters is 1. The van der Waals surface area contributed by atoms with E-state index in [-0.39, 0.29) is 23.5 Å². The van der Waals surface area contributed by atoms with E-state index in [9.17, 15) is 13.2 Å². The summed E-state index contributed by atoms with van der Waals surface area (Å²) in [4.78, 5) is 15.2. The highest BCUT2D eigenvalue weighted by atomic mass is 32.2. The smallest absolute Gasteiger partial charge is 0.305 e. The Balaban J connectivity index is 2.22. The summed E-state index contributed by atoms with van der Waals surface area (Å²) in [7, 11) is -1.27. The second kappa shape index (κ2) is 8.08. The molecular weight excluding hydrogens is 282 g/mol. The van der Waals surface area contributed by atoms with Gasteiger partial charge in [0.1, 0.15) is 0 Å². The Labute approximate surface area is 120 Å². The van der Waals surface area contributed by atoms with E-state index in [1.807, 2.05) is 0 Å². The second-order valence-electron chi connectivity index (χ2n) is 4.65. The van der Waals surface area contributed by atoms with Crippen molar-refractivity contribution in [2.75, 3.05) is 31.7 Å². The lowest BCUT2D eigenvalue weighted by Gasteiger charge is -2.15. The summed E-state index contributed by atoms with van der Waals surface area (Å²) in [5.41, 5.74) is 0. The van der Waals surface area contributed by atoms with Crippen LogP contribution in [0.1, 0.15) is 26.2 Å². The summed E-state index contributed by atoms with van der Waals surface area (Å²) in [5.74, 6) is 0.733. The number of carbonyl (C=O) groups is 1. The SMILES string of the molecule is CCOC(=O)CCCNC(=NC)NC1CCS(=O)(=O)C1. The third-order valence-electron chi connectivity index (χ3n) is 2.95. The molecular formula is C12H23N3O4S. The molecule has 1 aliphatic heterocycles. The highest BCUT2D eigenvalue weighted by Gasteiger charge is 2.28. The third-order valence-corrected chi connectivity index (χ3v) is 4.72. The Morgan fingerprint density at radius 1 is 1.45 bits per heavy atom. The normalized spacial score (nSPS) is 21.5. The van der Waals surface area contributed by atoms with Crippen LogP contribution in [0.3, 0.4) is 0 Å². The van der Waals surface area contributed by atoms with Crippen molar-refractivity contribution in [1.29, 1.82) is 0 Å². The topological polar surface area (TPSA) is 96.9 Å². The van der Waals surface area contributed by atoms with Crippen LogP contribution in [-0.2, 0) is 19.4 Å². The molecule has 7 nitrogen and oxygen atoms in total. The fraction of sp³-hybridized carbons (Fsp3) is 0.833. The van der Waals surface area contributed by atoms with Gasteiger partial charge >= 0.3 is 5.97 Å². The molecule has 1 rings (SSSR count). The maximum absolute atomic E-state index is 11.4. The summed E-state index contributed by atoms with van der Waals surface area (Å²) < 4.78 is 27.5. The molecule has 0 aromatic heterocycles. The van der Waals surface area contributed by atoms with Gasteiger partial charge in [0.15, 0.2) is 15.8 Å². The second-order valence-corrected chi connectivity index (χ2v) is 6.88. The number of sulfone groups is 1. The largest absolute Gasteiger partial charge is 0.466 e. The van der Waals surface area contributed by atoms with Crippen LogP contribution in [0.2, 0.25) is 0 Å². The first-order valence-electron chi connectivity index (χ1n) is 6.80. The number of guanidine groups is 1. The van der Waals surface area contributed by atoms with E-state index in [4.69, 9.17) is 4.74 Å². The Morgan fingerprint density at radius 3 is 2.75 bits per heavy atom. The first-order chi connectivity index (χ1) is 9.46. The van der Waals surface area contributed by atoms with Gasteiger partial charge in [0.05, 0.1) is 18.1 Å². The Kier molecular flexibility index (Phi) is 6.77. The van der Waals surface area contributed by atoms with E-state index in [1.54, 1.807) is 14.0 Å². The number of hydrogen-bond donors (Lipinski definition) is 2. The molecule has 0 aliphatic carbocycles. The number of rotatable bonds is 6. The molecule has 1 heterocycles.